The molecule has 0 unspecified atom stereocenters. The smallest absolute Gasteiger partial charge is 0.309 e. The summed E-state index contributed by atoms with van der Waals surface area (Å²) < 4.78 is 3.87. The molecule has 4 fully saturated rings. The Balaban J connectivity index is 0.798. The molecule has 2 aliphatic heterocycles. The van der Waals surface area contributed by atoms with E-state index < -0.39 is 11.4 Å². The molecule has 0 spiro atoms. The minimum atomic E-state index is -0.616. The molecule has 4 saturated carbocycles. The second-order valence-electron chi connectivity index (χ2n) is 19.5. The number of imidazole rings is 2. The zero-order valence-electron chi connectivity index (χ0n) is 35.2. The number of fused-ring (bicyclic) bond motifs is 6. The van der Waals surface area contributed by atoms with Crippen molar-refractivity contribution in [1.29, 1.82) is 0 Å². The van der Waals surface area contributed by atoms with Crippen molar-refractivity contribution in [3.63, 3.8) is 0 Å². The second-order valence-corrected chi connectivity index (χ2v) is 19.9. The van der Waals surface area contributed by atoms with Crippen LogP contribution < -0.4 is 10.6 Å². The molecule has 0 radical (unpaired) electrons. The molecule has 4 aromatic rings. The highest BCUT2D eigenvalue weighted by Crippen LogP contribution is 2.63. The van der Waals surface area contributed by atoms with Crippen LogP contribution in [-0.2, 0) is 44.8 Å². The lowest BCUT2D eigenvalue weighted by Gasteiger charge is -2.35. The molecular formula is C47H57ClN8O4. The Hall–Kier alpha value is -4.52. The predicted octanol–water partition coefficient (Wildman–Crippen LogP) is 8.01. The van der Waals surface area contributed by atoms with E-state index in [0.717, 1.165) is 129 Å². The van der Waals surface area contributed by atoms with Crippen LogP contribution in [0, 0.1) is 29.1 Å². The summed E-state index contributed by atoms with van der Waals surface area (Å²) in [6, 6.07) is 11.4. The lowest BCUT2D eigenvalue weighted by Crippen LogP contribution is -2.39. The normalized spacial score (nSPS) is 27.0. The Labute approximate surface area is 357 Å². The lowest BCUT2D eigenvalue weighted by molar-refractivity contribution is -0.148. The fourth-order valence-electron chi connectivity index (χ4n) is 12.5. The minimum Gasteiger partial charge on any atom is -0.481 e. The molecule has 2 aromatic carbocycles. The first-order valence-electron chi connectivity index (χ1n) is 22.1. The summed E-state index contributed by atoms with van der Waals surface area (Å²) in [5.41, 5.74) is 7.86. The number of hydrogen-bond donors (Lipinski definition) is 3. The fraction of sp³-hybridized carbons (Fsp3) is 0.553. The van der Waals surface area contributed by atoms with Crippen molar-refractivity contribution >= 4 is 40.8 Å². The molecule has 0 atom stereocenters. The average Bonchev–Trinajstić information content (AvgIpc) is 4.10. The molecule has 2 aromatic heterocycles. The maximum absolute atomic E-state index is 13.9. The number of anilines is 2. The van der Waals surface area contributed by atoms with Crippen LogP contribution >= 0.6 is 11.6 Å². The van der Waals surface area contributed by atoms with Crippen molar-refractivity contribution in [2.45, 2.75) is 103 Å². The SMILES string of the molecule is Cc1c(NC(=O)c2nc3c(n2C)CCN(CCC24CCC(C(=O)O)(CC2)C4)C3)cccc1-c1cccc(NC(=O)c2nc3c(n2C)CCN(CC24CCC(CC2)C4)C3)c1Cl. The van der Waals surface area contributed by atoms with E-state index in [-0.39, 0.29) is 17.2 Å². The number of carbonyl (C=O) groups is 3. The molecule has 13 heteroatoms. The van der Waals surface area contributed by atoms with E-state index in [9.17, 15) is 19.5 Å². The third-order valence-electron chi connectivity index (χ3n) is 16.0. The van der Waals surface area contributed by atoms with Gasteiger partial charge in [0.2, 0.25) is 0 Å². The van der Waals surface area contributed by atoms with Crippen LogP contribution in [0.1, 0.15) is 120 Å². The molecular weight excluding hydrogens is 776 g/mol. The summed E-state index contributed by atoms with van der Waals surface area (Å²) in [7, 11) is 3.85. The van der Waals surface area contributed by atoms with Gasteiger partial charge < -0.3 is 24.9 Å². The van der Waals surface area contributed by atoms with Crippen LogP contribution in [0.4, 0.5) is 11.4 Å². The Morgan fingerprint density at radius 1 is 0.783 bits per heavy atom. The predicted molar refractivity (Wildman–Crippen MR) is 231 cm³/mol. The van der Waals surface area contributed by atoms with Crippen LogP contribution in [0.15, 0.2) is 36.4 Å². The van der Waals surface area contributed by atoms with Crippen molar-refractivity contribution in [3.05, 3.63) is 81.4 Å². The van der Waals surface area contributed by atoms with Crippen LogP contribution in [-0.4, -0.2) is 78.0 Å². The van der Waals surface area contributed by atoms with Gasteiger partial charge in [-0.2, -0.15) is 0 Å². The molecule has 4 bridgehead atoms. The van der Waals surface area contributed by atoms with Crippen LogP contribution in [0.5, 0.6) is 0 Å². The van der Waals surface area contributed by atoms with Gasteiger partial charge in [0, 0.05) is 82.3 Å². The number of benzene rings is 2. The lowest BCUT2D eigenvalue weighted by atomic mass is 9.80. The monoisotopic (exact) mass is 832 g/mol. The molecule has 4 aliphatic carbocycles. The molecule has 0 saturated heterocycles. The van der Waals surface area contributed by atoms with Crippen molar-refractivity contribution in [2.24, 2.45) is 36.3 Å². The third kappa shape index (κ3) is 6.77. The number of halogens is 1. The van der Waals surface area contributed by atoms with Crippen LogP contribution in [0.3, 0.4) is 0 Å². The maximum Gasteiger partial charge on any atom is 0.309 e. The summed E-state index contributed by atoms with van der Waals surface area (Å²) in [6.45, 7) is 7.36. The number of carboxylic acid groups (broad SMARTS) is 1. The van der Waals surface area contributed by atoms with E-state index in [0.29, 0.717) is 40.0 Å². The van der Waals surface area contributed by atoms with Gasteiger partial charge in [-0.3, -0.25) is 24.2 Å². The van der Waals surface area contributed by atoms with E-state index in [2.05, 4.69) is 20.4 Å². The van der Waals surface area contributed by atoms with Gasteiger partial charge >= 0.3 is 5.97 Å². The molecule has 12 nitrogen and oxygen atoms in total. The number of carbonyl (C=O) groups excluding carboxylic acids is 2. The summed E-state index contributed by atoms with van der Waals surface area (Å²) in [5, 5.41) is 16.5. The van der Waals surface area contributed by atoms with E-state index in [1.807, 2.05) is 66.6 Å². The average molecular weight is 833 g/mol. The van der Waals surface area contributed by atoms with E-state index in [1.165, 1.54) is 32.1 Å². The van der Waals surface area contributed by atoms with Gasteiger partial charge in [-0.1, -0.05) is 35.9 Å². The molecule has 2 amide bonds. The molecule has 10 rings (SSSR count). The number of nitrogens with zero attached hydrogens (tertiary/aromatic N) is 6. The van der Waals surface area contributed by atoms with Gasteiger partial charge in [0.1, 0.15) is 0 Å². The van der Waals surface area contributed by atoms with Gasteiger partial charge in [-0.05, 0) is 124 Å². The molecule has 6 aliphatic rings. The fourth-order valence-corrected chi connectivity index (χ4v) is 12.8. The molecule has 60 heavy (non-hydrogen) atoms. The van der Waals surface area contributed by atoms with Gasteiger partial charge in [-0.15, -0.1) is 0 Å². The van der Waals surface area contributed by atoms with E-state index >= 15 is 0 Å². The summed E-state index contributed by atoms with van der Waals surface area (Å²) in [4.78, 5) is 54.4. The van der Waals surface area contributed by atoms with Gasteiger partial charge in [0.15, 0.2) is 11.6 Å². The van der Waals surface area contributed by atoms with Gasteiger partial charge in [0.25, 0.3) is 11.8 Å². The first-order valence-corrected chi connectivity index (χ1v) is 22.5. The zero-order chi connectivity index (χ0) is 41.6. The van der Waals surface area contributed by atoms with Gasteiger partial charge in [0.05, 0.1) is 27.5 Å². The Kier molecular flexibility index (Phi) is 9.79. The Morgan fingerprint density at radius 3 is 1.97 bits per heavy atom. The topological polar surface area (TPSA) is 138 Å². The van der Waals surface area contributed by atoms with Crippen LogP contribution in [0.25, 0.3) is 11.1 Å². The van der Waals surface area contributed by atoms with Crippen molar-refractivity contribution in [2.75, 3.05) is 36.8 Å². The van der Waals surface area contributed by atoms with Gasteiger partial charge in [-0.25, -0.2) is 9.97 Å². The summed E-state index contributed by atoms with van der Waals surface area (Å²) in [6.07, 6.45) is 14.0. The van der Waals surface area contributed by atoms with E-state index in [1.54, 1.807) is 0 Å². The molecule has 4 heterocycles. The number of nitrogens with one attached hydrogen (secondary N) is 2. The highest BCUT2D eigenvalue weighted by molar-refractivity contribution is 6.36. The highest BCUT2D eigenvalue weighted by Gasteiger charge is 2.58. The maximum atomic E-state index is 13.9. The number of aromatic nitrogens is 4. The first-order chi connectivity index (χ1) is 28.8. The largest absolute Gasteiger partial charge is 0.481 e. The third-order valence-corrected chi connectivity index (χ3v) is 16.4. The number of aliphatic carboxylic acids is 1. The summed E-state index contributed by atoms with van der Waals surface area (Å²) >= 11 is 7.08. The highest BCUT2D eigenvalue weighted by atomic mass is 35.5. The zero-order valence-corrected chi connectivity index (χ0v) is 36.0. The number of hydrogen-bond acceptors (Lipinski definition) is 7. The minimum absolute atomic E-state index is 0.148. The Bertz CT molecular complexity index is 2400. The number of amides is 2. The van der Waals surface area contributed by atoms with Crippen LogP contribution in [0.2, 0.25) is 5.02 Å². The molecule has 3 N–H and O–H groups in total. The number of rotatable bonds is 11. The second kappa shape index (κ2) is 14.8. The molecule has 316 valence electrons. The first kappa shape index (κ1) is 39.6. The van der Waals surface area contributed by atoms with Crippen molar-refractivity contribution < 1.29 is 19.5 Å². The van der Waals surface area contributed by atoms with E-state index in [4.69, 9.17) is 21.6 Å². The Morgan fingerprint density at radius 2 is 1.37 bits per heavy atom. The quantitative estimate of drug-likeness (QED) is 0.138. The van der Waals surface area contributed by atoms with Crippen molar-refractivity contribution in [1.82, 2.24) is 28.9 Å². The number of carboxylic acids is 1. The summed E-state index contributed by atoms with van der Waals surface area (Å²) in [5.74, 6) is 0.498. The standard InChI is InChI=1S/C47H57ClN8O4/c1-29-31(32-7-5-9-34(39(32)48)52-43(58)41-50-36-26-56(22-13-38(36)54(41)3)28-46-14-10-30(24-46)11-15-46)6-4-8-33(29)51-42(57)40-49-35-25-55(21-12-37(35)53(40)2)23-20-45-16-18-47(27-45,19-17-45)44(59)60/h4-9,30H,10-28H2,1-3H3,(H,51,57)(H,52,58)(H,59,60). The van der Waals surface area contributed by atoms with Crippen molar-refractivity contribution in [3.8, 4) is 11.1 Å².